The molecule has 1 heterocycles. The SMILES string of the molecule is C=C(C)C(=O)O[C@H]1CC(C)=C2C(=O)C=C(C)[C@H]2[C@@H]2OC(=O)[C@@](C)(OC(C)=O)[C@@H]21. The van der Waals surface area contributed by atoms with Crippen LogP contribution in [0.2, 0.25) is 0 Å². The van der Waals surface area contributed by atoms with Crippen molar-refractivity contribution in [2.75, 3.05) is 0 Å². The summed E-state index contributed by atoms with van der Waals surface area (Å²) in [6.45, 7) is 11.4. The van der Waals surface area contributed by atoms with Gasteiger partial charge in [-0.3, -0.25) is 9.59 Å². The van der Waals surface area contributed by atoms with Crippen LogP contribution in [0.4, 0.5) is 0 Å². The zero-order chi connectivity index (χ0) is 21.0. The fourth-order valence-electron chi connectivity index (χ4n) is 4.56. The maximum Gasteiger partial charge on any atom is 0.351 e. The molecule has 7 nitrogen and oxygen atoms in total. The fourth-order valence-corrected chi connectivity index (χ4v) is 4.56. The number of carbonyl (C=O) groups excluding carboxylic acids is 4. The molecule has 3 aliphatic rings. The van der Waals surface area contributed by atoms with Crippen LogP contribution in [0, 0.1) is 11.8 Å². The third-order valence-electron chi connectivity index (χ3n) is 5.72. The van der Waals surface area contributed by atoms with E-state index >= 15 is 0 Å². The molecular formula is C21H24O7. The minimum atomic E-state index is -1.63. The third kappa shape index (κ3) is 2.99. The lowest BCUT2D eigenvalue weighted by Crippen LogP contribution is -2.50. The quantitative estimate of drug-likeness (QED) is 0.415. The summed E-state index contributed by atoms with van der Waals surface area (Å²) in [6.07, 6.45) is 0.168. The van der Waals surface area contributed by atoms with E-state index in [-0.39, 0.29) is 17.8 Å². The number of fused-ring (bicyclic) bond motifs is 3. The van der Waals surface area contributed by atoms with Crippen LogP contribution in [0.3, 0.4) is 0 Å². The number of esters is 3. The largest absolute Gasteiger partial charge is 0.458 e. The second kappa shape index (κ2) is 6.72. The summed E-state index contributed by atoms with van der Waals surface area (Å²) in [7, 11) is 0. The summed E-state index contributed by atoms with van der Waals surface area (Å²) in [5.74, 6) is -3.32. The molecule has 5 atom stereocenters. The van der Waals surface area contributed by atoms with Crippen molar-refractivity contribution in [1.82, 2.24) is 0 Å². The summed E-state index contributed by atoms with van der Waals surface area (Å²) < 4.78 is 16.7. The van der Waals surface area contributed by atoms with Crippen molar-refractivity contribution >= 4 is 23.7 Å². The van der Waals surface area contributed by atoms with Gasteiger partial charge in [0.2, 0.25) is 5.60 Å². The summed E-state index contributed by atoms with van der Waals surface area (Å²) in [6, 6.07) is 0. The van der Waals surface area contributed by atoms with Gasteiger partial charge < -0.3 is 14.2 Å². The molecule has 1 saturated heterocycles. The molecule has 3 rings (SSSR count). The van der Waals surface area contributed by atoms with E-state index in [4.69, 9.17) is 14.2 Å². The molecule has 0 amide bonds. The van der Waals surface area contributed by atoms with E-state index in [0.717, 1.165) is 11.1 Å². The Hall–Kier alpha value is -2.70. The average Bonchev–Trinajstić information content (AvgIpc) is 2.93. The second-order valence-electron chi connectivity index (χ2n) is 7.95. The Kier molecular flexibility index (Phi) is 4.81. The number of allylic oxidation sites excluding steroid dienone is 1. The van der Waals surface area contributed by atoms with Crippen molar-refractivity contribution in [3.05, 3.63) is 34.9 Å². The van der Waals surface area contributed by atoms with Crippen LogP contribution in [0.5, 0.6) is 0 Å². The highest BCUT2D eigenvalue weighted by molar-refractivity contribution is 6.09. The lowest BCUT2D eigenvalue weighted by molar-refractivity contribution is -0.176. The summed E-state index contributed by atoms with van der Waals surface area (Å²) in [5.41, 5.74) is 0.663. The molecular weight excluding hydrogens is 364 g/mol. The van der Waals surface area contributed by atoms with Gasteiger partial charge in [-0.25, -0.2) is 9.59 Å². The number of hydrogen-bond donors (Lipinski definition) is 0. The third-order valence-corrected chi connectivity index (χ3v) is 5.72. The molecule has 7 heteroatoms. The van der Waals surface area contributed by atoms with Crippen LogP contribution in [0.25, 0.3) is 0 Å². The molecule has 0 aromatic rings. The smallest absolute Gasteiger partial charge is 0.351 e. The molecule has 2 aliphatic carbocycles. The van der Waals surface area contributed by atoms with Gasteiger partial charge >= 0.3 is 17.9 Å². The standard InChI is InChI=1S/C21H24O7/c1-9(2)19(24)26-14-8-11(4)15-13(23)7-10(3)16(15)18-17(14)21(6,20(25)27-18)28-12(5)22/h7,14,16-18H,1,8H2,2-6H3/t14-,16+,17+,18-,21-/m0/s1. The van der Waals surface area contributed by atoms with Crippen molar-refractivity contribution in [2.45, 2.75) is 58.8 Å². The highest BCUT2D eigenvalue weighted by atomic mass is 16.6. The van der Waals surface area contributed by atoms with Crippen molar-refractivity contribution in [1.29, 1.82) is 0 Å². The van der Waals surface area contributed by atoms with Gasteiger partial charge in [0.15, 0.2) is 5.78 Å². The van der Waals surface area contributed by atoms with Crippen molar-refractivity contribution in [2.24, 2.45) is 11.8 Å². The molecule has 1 aliphatic heterocycles. The van der Waals surface area contributed by atoms with Crippen LogP contribution in [0.1, 0.15) is 41.0 Å². The number of ether oxygens (including phenoxy) is 3. The van der Waals surface area contributed by atoms with Crippen molar-refractivity contribution in [3.63, 3.8) is 0 Å². The summed E-state index contributed by atoms with van der Waals surface area (Å²) >= 11 is 0. The Morgan fingerprint density at radius 2 is 1.89 bits per heavy atom. The van der Waals surface area contributed by atoms with Gasteiger partial charge in [-0.15, -0.1) is 0 Å². The van der Waals surface area contributed by atoms with Gasteiger partial charge in [-0.2, -0.15) is 0 Å². The first kappa shape index (κ1) is 20.0. The highest BCUT2D eigenvalue weighted by Gasteiger charge is 2.65. The van der Waals surface area contributed by atoms with E-state index in [9.17, 15) is 19.2 Å². The van der Waals surface area contributed by atoms with E-state index in [1.807, 2.05) is 0 Å². The first-order chi connectivity index (χ1) is 13.0. The van der Waals surface area contributed by atoms with Crippen LogP contribution in [-0.2, 0) is 33.4 Å². The molecule has 0 bridgehead atoms. The van der Waals surface area contributed by atoms with Gasteiger partial charge in [0.1, 0.15) is 12.2 Å². The van der Waals surface area contributed by atoms with E-state index in [1.165, 1.54) is 26.8 Å². The van der Waals surface area contributed by atoms with E-state index in [1.54, 1.807) is 13.8 Å². The fraction of sp³-hybridized carbons (Fsp3) is 0.524. The molecule has 0 saturated carbocycles. The molecule has 0 aromatic carbocycles. The molecule has 0 radical (unpaired) electrons. The highest BCUT2D eigenvalue weighted by Crippen LogP contribution is 2.51. The van der Waals surface area contributed by atoms with Crippen molar-refractivity contribution in [3.8, 4) is 0 Å². The molecule has 150 valence electrons. The predicted molar refractivity (Wildman–Crippen MR) is 97.8 cm³/mol. The van der Waals surface area contributed by atoms with Gasteiger partial charge in [-0.05, 0) is 33.8 Å². The van der Waals surface area contributed by atoms with Crippen LogP contribution < -0.4 is 0 Å². The lowest BCUT2D eigenvalue weighted by atomic mass is 9.77. The average molecular weight is 388 g/mol. The Morgan fingerprint density at radius 1 is 1.25 bits per heavy atom. The normalized spacial score (nSPS) is 34.1. The maximum atomic E-state index is 12.8. The van der Waals surface area contributed by atoms with Gasteiger partial charge in [-0.1, -0.05) is 17.7 Å². The summed E-state index contributed by atoms with van der Waals surface area (Å²) in [5, 5.41) is 0. The lowest BCUT2D eigenvalue weighted by Gasteiger charge is -2.34. The minimum Gasteiger partial charge on any atom is -0.458 e. The van der Waals surface area contributed by atoms with Crippen molar-refractivity contribution < 1.29 is 33.4 Å². The Morgan fingerprint density at radius 3 is 2.46 bits per heavy atom. The molecule has 1 fully saturated rings. The second-order valence-corrected chi connectivity index (χ2v) is 7.95. The number of carbonyl (C=O) groups is 4. The zero-order valence-corrected chi connectivity index (χ0v) is 16.7. The topological polar surface area (TPSA) is 96.0 Å². The minimum absolute atomic E-state index is 0.136. The molecule has 0 spiro atoms. The molecule has 28 heavy (non-hydrogen) atoms. The number of ketones is 1. The monoisotopic (exact) mass is 388 g/mol. The number of rotatable bonds is 3. The molecule has 0 aromatic heterocycles. The number of hydrogen-bond acceptors (Lipinski definition) is 7. The Balaban J connectivity index is 2.14. The van der Waals surface area contributed by atoms with Gasteiger partial charge in [0, 0.05) is 30.4 Å². The Labute approximate surface area is 163 Å². The predicted octanol–water partition coefficient (Wildman–Crippen LogP) is 2.20. The van der Waals surface area contributed by atoms with E-state index < -0.39 is 47.6 Å². The van der Waals surface area contributed by atoms with E-state index in [2.05, 4.69) is 6.58 Å². The van der Waals surface area contributed by atoms with Gasteiger partial charge in [0.25, 0.3) is 0 Å². The Bertz CT molecular complexity index is 862. The summed E-state index contributed by atoms with van der Waals surface area (Å²) in [4.78, 5) is 49.3. The molecule has 0 N–H and O–H groups in total. The van der Waals surface area contributed by atoms with E-state index in [0.29, 0.717) is 5.57 Å². The first-order valence-electron chi connectivity index (χ1n) is 9.16. The van der Waals surface area contributed by atoms with Gasteiger partial charge in [0.05, 0.1) is 5.92 Å². The maximum absolute atomic E-state index is 12.8. The van der Waals surface area contributed by atoms with Crippen LogP contribution in [0.15, 0.2) is 34.9 Å². The van der Waals surface area contributed by atoms with Crippen LogP contribution in [-0.4, -0.2) is 41.5 Å². The molecule has 0 unspecified atom stereocenters. The first-order valence-corrected chi connectivity index (χ1v) is 9.16. The van der Waals surface area contributed by atoms with Crippen LogP contribution >= 0.6 is 0 Å². The zero-order valence-electron chi connectivity index (χ0n) is 16.7.